The van der Waals surface area contributed by atoms with Crippen molar-refractivity contribution in [1.82, 2.24) is 10.1 Å². The summed E-state index contributed by atoms with van der Waals surface area (Å²) in [5.74, 6) is -0.475. The Morgan fingerprint density at radius 1 is 1.29 bits per heavy atom. The summed E-state index contributed by atoms with van der Waals surface area (Å²) in [4.78, 5) is 27.1. The molecule has 0 atom stereocenters. The van der Waals surface area contributed by atoms with Crippen molar-refractivity contribution in [1.29, 1.82) is 0 Å². The maximum atomic E-state index is 12.8. The number of methoxy groups -OCH3 is 1. The molecular formula is C17H13ClN2O4. The van der Waals surface area contributed by atoms with Gasteiger partial charge in [-0.3, -0.25) is 4.79 Å². The molecule has 0 aliphatic carbocycles. The predicted molar refractivity (Wildman–Crippen MR) is 87.3 cm³/mol. The van der Waals surface area contributed by atoms with Gasteiger partial charge in [-0.2, -0.15) is 0 Å². The third kappa shape index (κ3) is 2.83. The summed E-state index contributed by atoms with van der Waals surface area (Å²) in [6.07, 6.45) is 1.45. The van der Waals surface area contributed by atoms with E-state index in [9.17, 15) is 9.59 Å². The largest absolute Gasteiger partial charge is 0.464 e. The van der Waals surface area contributed by atoms with Crippen LogP contribution >= 0.6 is 11.6 Å². The third-order valence-corrected chi connectivity index (χ3v) is 3.77. The summed E-state index contributed by atoms with van der Waals surface area (Å²) in [5.41, 5.74) is 1.91. The van der Waals surface area contributed by atoms with E-state index in [2.05, 4.69) is 14.9 Å². The number of carbonyl (C=O) groups excluding carboxylic acids is 2. The number of aromatic nitrogens is 2. The third-order valence-electron chi connectivity index (χ3n) is 3.54. The lowest BCUT2D eigenvalue weighted by atomic mass is 9.99. The van der Waals surface area contributed by atoms with E-state index in [4.69, 9.17) is 16.1 Å². The lowest BCUT2D eigenvalue weighted by Gasteiger charge is -2.01. The van der Waals surface area contributed by atoms with Crippen LogP contribution in [0.1, 0.15) is 32.2 Å². The summed E-state index contributed by atoms with van der Waals surface area (Å²) < 4.78 is 9.82. The molecule has 24 heavy (non-hydrogen) atoms. The van der Waals surface area contributed by atoms with Crippen LogP contribution in [0.5, 0.6) is 0 Å². The van der Waals surface area contributed by atoms with Crippen molar-refractivity contribution in [2.24, 2.45) is 0 Å². The minimum Gasteiger partial charge on any atom is -0.464 e. The molecule has 0 saturated heterocycles. The first-order chi connectivity index (χ1) is 11.5. The lowest BCUT2D eigenvalue weighted by molar-refractivity contribution is 0.0595. The number of esters is 1. The molecule has 2 heterocycles. The van der Waals surface area contributed by atoms with Crippen molar-refractivity contribution < 1.29 is 18.8 Å². The summed E-state index contributed by atoms with van der Waals surface area (Å²) >= 11 is 6.00. The van der Waals surface area contributed by atoms with Gasteiger partial charge in [0.25, 0.3) is 0 Å². The Balaban J connectivity index is 2.03. The van der Waals surface area contributed by atoms with Crippen LogP contribution in [0.15, 0.2) is 41.1 Å². The van der Waals surface area contributed by atoms with Crippen LogP contribution in [0, 0.1) is 6.92 Å². The van der Waals surface area contributed by atoms with Crippen LogP contribution in [-0.2, 0) is 4.74 Å². The average Bonchev–Trinajstić information content (AvgIpc) is 3.20. The smallest absolute Gasteiger partial charge is 0.354 e. The second-order valence-electron chi connectivity index (χ2n) is 5.10. The number of halogens is 1. The first-order valence-electron chi connectivity index (χ1n) is 7.05. The lowest BCUT2D eigenvalue weighted by Crippen LogP contribution is -2.03. The van der Waals surface area contributed by atoms with Gasteiger partial charge in [0, 0.05) is 22.3 Å². The number of ketones is 1. The van der Waals surface area contributed by atoms with Gasteiger partial charge >= 0.3 is 5.97 Å². The standard InChI is InChI=1S/C17H13ClN2O4/c1-9-14(15(20-24-9)10-4-3-5-12(18)6-10)16(21)11-7-13(19-8-11)17(22)23-2/h3-8,19H,1-2H3. The van der Waals surface area contributed by atoms with Gasteiger partial charge in [0.1, 0.15) is 17.1 Å². The topological polar surface area (TPSA) is 85.2 Å². The first kappa shape index (κ1) is 16.0. The molecule has 2 aromatic heterocycles. The van der Waals surface area contributed by atoms with Crippen molar-refractivity contribution in [3.05, 3.63) is 64.1 Å². The maximum Gasteiger partial charge on any atom is 0.354 e. The average molecular weight is 345 g/mol. The number of hydrogen-bond acceptors (Lipinski definition) is 5. The van der Waals surface area contributed by atoms with E-state index in [1.54, 1.807) is 31.2 Å². The highest BCUT2D eigenvalue weighted by Gasteiger charge is 2.24. The van der Waals surface area contributed by atoms with Crippen molar-refractivity contribution in [3.8, 4) is 11.3 Å². The normalized spacial score (nSPS) is 10.6. The van der Waals surface area contributed by atoms with Gasteiger partial charge in [0.15, 0.2) is 5.78 Å². The highest BCUT2D eigenvalue weighted by Crippen LogP contribution is 2.29. The van der Waals surface area contributed by atoms with E-state index in [-0.39, 0.29) is 11.5 Å². The Morgan fingerprint density at radius 3 is 2.79 bits per heavy atom. The molecule has 1 aromatic carbocycles. The van der Waals surface area contributed by atoms with Gasteiger partial charge in [0.05, 0.1) is 12.7 Å². The van der Waals surface area contributed by atoms with Gasteiger partial charge in [-0.1, -0.05) is 28.9 Å². The zero-order valence-corrected chi connectivity index (χ0v) is 13.7. The first-order valence-corrected chi connectivity index (χ1v) is 7.42. The highest BCUT2D eigenvalue weighted by molar-refractivity contribution is 6.30. The molecule has 6 nitrogen and oxygen atoms in total. The summed E-state index contributed by atoms with van der Waals surface area (Å²) in [7, 11) is 1.27. The molecule has 0 unspecified atom stereocenters. The number of nitrogens with zero attached hydrogens (tertiary/aromatic N) is 1. The molecule has 0 saturated carbocycles. The number of ether oxygens (including phenoxy) is 1. The molecule has 7 heteroatoms. The van der Waals surface area contributed by atoms with Crippen LogP contribution in [0.4, 0.5) is 0 Å². The van der Waals surface area contributed by atoms with E-state index in [0.717, 1.165) is 0 Å². The molecule has 0 amide bonds. The maximum absolute atomic E-state index is 12.8. The minimum absolute atomic E-state index is 0.194. The number of carbonyl (C=O) groups is 2. The second kappa shape index (κ2) is 6.33. The molecular weight excluding hydrogens is 332 g/mol. The van der Waals surface area contributed by atoms with Crippen LogP contribution in [0.2, 0.25) is 5.02 Å². The number of nitrogens with one attached hydrogen (secondary N) is 1. The minimum atomic E-state index is -0.550. The summed E-state index contributed by atoms with van der Waals surface area (Å²) in [5, 5.41) is 4.50. The molecule has 0 fully saturated rings. The molecule has 0 radical (unpaired) electrons. The molecule has 0 spiro atoms. The Bertz CT molecular complexity index is 926. The Kier molecular flexibility index (Phi) is 4.22. The van der Waals surface area contributed by atoms with Crippen molar-refractivity contribution in [2.75, 3.05) is 7.11 Å². The monoisotopic (exact) mass is 344 g/mol. The molecule has 3 rings (SSSR count). The Morgan fingerprint density at radius 2 is 2.08 bits per heavy atom. The van der Waals surface area contributed by atoms with Gasteiger partial charge in [-0.15, -0.1) is 0 Å². The zero-order chi connectivity index (χ0) is 17.3. The number of benzene rings is 1. The van der Waals surface area contributed by atoms with Crippen molar-refractivity contribution in [3.63, 3.8) is 0 Å². The van der Waals surface area contributed by atoms with Crippen LogP contribution in [0.25, 0.3) is 11.3 Å². The molecule has 1 N–H and O–H groups in total. The van der Waals surface area contributed by atoms with Gasteiger partial charge in [-0.05, 0) is 25.1 Å². The fraction of sp³-hybridized carbons (Fsp3) is 0.118. The Labute approximate surface area is 142 Å². The fourth-order valence-electron chi connectivity index (χ4n) is 2.37. The number of H-pyrrole nitrogens is 1. The second-order valence-corrected chi connectivity index (χ2v) is 5.53. The number of aromatic amines is 1. The highest BCUT2D eigenvalue weighted by atomic mass is 35.5. The van der Waals surface area contributed by atoms with Gasteiger partial charge < -0.3 is 14.2 Å². The zero-order valence-electron chi connectivity index (χ0n) is 12.9. The van der Waals surface area contributed by atoms with E-state index in [1.807, 2.05) is 0 Å². The van der Waals surface area contributed by atoms with E-state index in [1.165, 1.54) is 19.4 Å². The van der Waals surface area contributed by atoms with Gasteiger partial charge in [0.2, 0.25) is 0 Å². The summed E-state index contributed by atoms with van der Waals surface area (Å²) in [6.45, 7) is 1.65. The molecule has 3 aromatic rings. The van der Waals surface area contributed by atoms with Crippen LogP contribution in [-0.4, -0.2) is 29.0 Å². The molecule has 0 aliphatic rings. The van der Waals surface area contributed by atoms with Gasteiger partial charge in [-0.25, -0.2) is 4.79 Å². The quantitative estimate of drug-likeness (QED) is 0.576. The summed E-state index contributed by atoms with van der Waals surface area (Å²) in [6, 6.07) is 8.42. The molecule has 0 aliphatic heterocycles. The number of rotatable bonds is 4. The van der Waals surface area contributed by atoms with Crippen molar-refractivity contribution in [2.45, 2.75) is 6.92 Å². The fourth-order valence-corrected chi connectivity index (χ4v) is 2.56. The van der Waals surface area contributed by atoms with E-state index >= 15 is 0 Å². The SMILES string of the molecule is COC(=O)c1cc(C(=O)c2c(-c3cccc(Cl)c3)noc2C)c[nH]1. The predicted octanol–water partition coefficient (Wildman–Crippen LogP) is 3.65. The molecule has 0 bridgehead atoms. The Hall–Kier alpha value is -2.86. The van der Waals surface area contributed by atoms with E-state index in [0.29, 0.717) is 33.2 Å². The molecule has 122 valence electrons. The number of aryl methyl sites for hydroxylation is 1. The van der Waals surface area contributed by atoms with Crippen LogP contribution in [0.3, 0.4) is 0 Å². The van der Waals surface area contributed by atoms with Crippen LogP contribution < -0.4 is 0 Å². The van der Waals surface area contributed by atoms with E-state index < -0.39 is 5.97 Å². The number of hydrogen-bond donors (Lipinski definition) is 1. The van der Waals surface area contributed by atoms with Crippen molar-refractivity contribution >= 4 is 23.4 Å².